The van der Waals surface area contributed by atoms with Crippen LogP contribution in [-0.2, 0) is 0 Å². The van der Waals surface area contributed by atoms with Crippen LogP contribution in [0, 0.1) is 0 Å². The topological polar surface area (TPSA) is 52.3 Å². The minimum absolute atomic E-state index is 0.992. The molecule has 8 aromatic carbocycles. The number of nitrogens with zero attached hydrogens (tertiary/aromatic N) is 1. The Morgan fingerprint density at radius 3 is 1.06 bits per heavy atom. The van der Waals surface area contributed by atoms with E-state index in [-0.39, 0.29) is 0 Å². The number of nitrogens with one attached hydrogen (secondary N) is 3. The highest BCUT2D eigenvalue weighted by molar-refractivity contribution is 5.97. The summed E-state index contributed by atoms with van der Waals surface area (Å²) in [6, 6.07) is 98.5. The lowest BCUT2D eigenvalue weighted by molar-refractivity contribution is 0.983. The Morgan fingerprint density at radius 1 is 0.250 bits per heavy atom. The average molecular weight is 921 g/mol. The number of para-hydroxylation sites is 1. The molecule has 0 radical (unpaired) electrons. The van der Waals surface area contributed by atoms with Gasteiger partial charge in [-0.15, -0.1) is 0 Å². The molecular formula is C68H48N4. The molecule has 340 valence electrons. The third-order valence-electron chi connectivity index (χ3n) is 13.9. The molecule has 0 atom stereocenters. The summed E-state index contributed by atoms with van der Waals surface area (Å²) in [6.45, 7) is 0. The van der Waals surface area contributed by atoms with Crippen molar-refractivity contribution < 1.29 is 0 Å². The summed E-state index contributed by atoms with van der Waals surface area (Å²) in [6.07, 6.45) is 0. The monoisotopic (exact) mass is 920 g/mol. The van der Waals surface area contributed by atoms with Crippen LogP contribution in [0.15, 0.2) is 273 Å². The Balaban J connectivity index is 1.38. The van der Waals surface area contributed by atoms with Gasteiger partial charge in [0.15, 0.2) is 0 Å². The van der Waals surface area contributed by atoms with Gasteiger partial charge in [-0.1, -0.05) is 231 Å². The third kappa shape index (κ3) is 7.50. The lowest BCUT2D eigenvalue weighted by Gasteiger charge is -2.16. The maximum Gasteiger partial charge on any atom is 0.0647 e. The van der Waals surface area contributed by atoms with E-state index < -0.39 is 0 Å². The second kappa shape index (κ2) is 18.4. The summed E-state index contributed by atoms with van der Waals surface area (Å²) < 4.78 is 2.55. The van der Waals surface area contributed by atoms with Gasteiger partial charge in [0.2, 0.25) is 0 Å². The van der Waals surface area contributed by atoms with Gasteiger partial charge in [-0.3, -0.25) is 0 Å². The fourth-order valence-electron chi connectivity index (χ4n) is 10.8. The first-order valence-corrected chi connectivity index (χ1v) is 24.6. The molecule has 72 heavy (non-hydrogen) atoms. The van der Waals surface area contributed by atoms with Gasteiger partial charge >= 0.3 is 0 Å². The summed E-state index contributed by atoms with van der Waals surface area (Å²) in [5.74, 6) is 0. The minimum atomic E-state index is 0.992. The predicted octanol–water partition coefficient (Wildman–Crippen LogP) is 12.8. The van der Waals surface area contributed by atoms with E-state index in [1.807, 2.05) is 0 Å². The number of fused-ring (bicyclic) bond motifs is 8. The summed E-state index contributed by atoms with van der Waals surface area (Å²) >= 11 is 0. The summed E-state index contributed by atoms with van der Waals surface area (Å²) in [7, 11) is 0. The molecule has 4 heteroatoms. The Morgan fingerprint density at radius 2 is 0.597 bits per heavy atom. The van der Waals surface area contributed by atoms with Crippen molar-refractivity contribution in [3.8, 4) is 39.1 Å². The van der Waals surface area contributed by atoms with Gasteiger partial charge in [-0.25, -0.2) is 0 Å². The molecule has 1 aliphatic rings. The number of aromatic amines is 3. The Kier molecular flexibility index (Phi) is 10.8. The number of aromatic nitrogens is 4. The summed E-state index contributed by atoms with van der Waals surface area (Å²) in [4.78, 5) is 12.3. The van der Waals surface area contributed by atoms with Crippen molar-refractivity contribution in [1.82, 2.24) is 19.5 Å². The zero-order valence-corrected chi connectivity index (χ0v) is 39.4. The maximum atomic E-state index is 4.23. The molecule has 4 nitrogen and oxygen atoms in total. The van der Waals surface area contributed by atoms with Gasteiger partial charge in [0.25, 0.3) is 0 Å². The van der Waals surface area contributed by atoms with Gasteiger partial charge in [0, 0.05) is 72.5 Å². The van der Waals surface area contributed by atoms with E-state index in [4.69, 9.17) is 0 Å². The van der Waals surface area contributed by atoms with Crippen LogP contribution in [-0.4, -0.2) is 19.5 Å². The van der Waals surface area contributed by atoms with Crippen molar-refractivity contribution in [2.75, 3.05) is 0 Å². The normalized spacial score (nSPS) is 12.3. The molecule has 8 bridgehead atoms. The van der Waals surface area contributed by atoms with Crippen LogP contribution in [0.1, 0.15) is 45.0 Å². The fraction of sp³-hybridized carbons (Fsp3) is 0. The average Bonchev–Trinajstić information content (AvgIpc) is 4.29. The van der Waals surface area contributed by atoms with Crippen LogP contribution in [0.2, 0.25) is 0 Å². The standard InChI is InChI=1S/C68H48N4/c1-9-25-46(26-10-1)54-45-59-61(48-29-13-3-14-30-48)57-42-41-55(69-57)60(47-27-11-2-12-28-47)56-43-44-58(70-56)62(49-31-15-4-16-32-49)67-63(50-33-17-5-18-34-50)64(51-35-19-6-20-36-51)68(72(67)53-39-23-8-24-40-53)65(66(54)71-59)52-37-21-7-22-38-52/h1-45,69-71H. The number of hydrogen-bond donors (Lipinski definition) is 3. The molecule has 0 saturated carbocycles. The van der Waals surface area contributed by atoms with E-state index in [0.29, 0.717) is 0 Å². The minimum Gasteiger partial charge on any atom is -0.354 e. The molecule has 12 aromatic rings. The zero-order chi connectivity index (χ0) is 47.8. The quantitative estimate of drug-likeness (QED) is 0.136. The highest BCUT2D eigenvalue weighted by Crippen LogP contribution is 2.38. The highest BCUT2D eigenvalue weighted by Gasteiger charge is 2.29. The molecule has 0 spiro atoms. The highest BCUT2D eigenvalue weighted by atomic mass is 15.0. The summed E-state index contributed by atoms with van der Waals surface area (Å²) in [5.41, 5.74) is 20.3. The molecule has 3 N–H and O–H groups in total. The van der Waals surface area contributed by atoms with Gasteiger partial charge < -0.3 is 19.5 Å². The number of hydrogen-bond acceptors (Lipinski definition) is 0. The molecule has 13 rings (SSSR count). The van der Waals surface area contributed by atoms with Crippen LogP contribution in [0.4, 0.5) is 0 Å². The van der Waals surface area contributed by atoms with E-state index in [1.165, 1.54) is 0 Å². The van der Waals surface area contributed by atoms with Crippen molar-refractivity contribution in [3.05, 3.63) is 339 Å². The Labute approximate surface area is 418 Å². The van der Waals surface area contributed by atoms with Gasteiger partial charge in [0.05, 0.1) is 16.4 Å². The third-order valence-corrected chi connectivity index (χ3v) is 13.9. The number of H-pyrrole nitrogens is 3. The molecule has 1 aliphatic heterocycles. The van der Waals surface area contributed by atoms with Crippen molar-refractivity contribution in [3.63, 3.8) is 0 Å². The van der Waals surface area contributed by atoms with Crippen molar-refractivity contribution in [1.29, 1.82) is 0 Å². The largest absolute Gasteiger partial charge is 0.354 e. The van der Waals surface area contributed by atoms with Crippen molar-refractivity contribution in [2.45, 2.75) is 0 Å². The van der Waals surface area contributed by atoms with E-state index in [0.717, 1.165) is 128 Å². The first kappa shape index (κ1) is 42.5. The molecule has 0 fully saturated rings. The van der Waals surface area contributed by atoms with Crippen LogP contribution in [0.25, 0.3) is 61.4 Å². The molecule has 4 aromatic heterocycles. The lowest BCUT2D eigenvalue weighted by Crippen LogP contribution is -2.30. The predicted molar refractivity (Wildman–Crippen MR) is 295 cm³/mol. The Hall–Kier alpha value is -9.64. The van der Waals surface area contributed by atoms with Gasteiger partial charge in [-0.2, -0.15) is 0 Å². The number of benzene rings is 8. The number of rotatable bonds is 8. The molecule has 0 unspecified atom stereocenters. The molecule has 5 heterocycles. The fourth-order valence-corrected chi connectivity index (χ4v) is 10.8. The van der Waals surface area contributed by atoms with Crippen LogP contribution in [0.3, 0.4) is 0 Å². The van der Waals surface area contributed by atoms with Gasteiger partial charge in [-0.05, 0) is 81.4 Å². The SMILES string of the molecule is c1ccc(C2=c3ccc([nH]3)=C(c3ccccc3)c3cc(-c4ccccc4)c([nH]3)C(c3ccccc3)=c3c(-c4ccccc4)c(-c4ccccc4)c(n3-c3ccccc3)=C(c3ccccc3)c3ccc2[nH]3)cc1. The first-order chi connectivity index (χ1) is 35.8. The molecule has 0 saturated heterocycles. The van der Waals surface area contributed by atoms with E-state index >= 15 is 0 Å². The smallest absolute Gasteiger partial charge is 0.0647 e. The van der Waals surface area contributed by atoms with Gasteiger partial charge in [0.1, 0.15) is 0 Å². The Bertz CT molecular complexity index is 4130. The van der Waals surface area contributed by atoms with Crippen LogP contribution >= 0.6 is 0 Å². The second-order valence-corrected chi connectivity index (χ2v) is 18.2. The maximum absolute atomic E-state index is 4.23. The lowest BCUT2D eigenvalue weighted by atomic mass is 9.91. The van der Waals surface area contributed by atoms with Crippen LogP contribution < -0.4 is 21.4 Å². The van der Waals surface area contributed by atoms with E-state index in [2.05, 4.69) is 293 Å². The molecular weight excluding hydrogens is 873 g/mol. The summed E-state index contributed by atoms with van der Waals surface area (Å²) in [5, 5.41) is 4.13. The zero-order valence-electron chi connectivity index (χ0n) is 39.4. The second-order valence-electron chi connectivity index (χ2n) is 18.2. The van der Waals surface area contributed by atoms with Crippen molar-refractivity contribution >= 4 is 22.3 Å². The van der Waals surface area contributed by atoms with Crippen LogP contribution in [0.5, 0.6) is 0 Å². The molecule has 0 amide bonds. The van der Waals surface area contributed by atoms with E-state index in [1.54, 1.807) is 0 Å². The van der Waals surface area contributed by atoms with Crippen molar-refractivity contribution in [2.24, 2.45) is 0 Å². The molecule has 0 aliphatic carbocycles. The van der Waals surface area contributed by atoms with E-state index in [9.17, 15) is 0 Å². The first-order valence-electron chi connectivity index (χ1n) is 24.6.